The average Bonchev–Trinajstić information content (AvgIpc) is 3.11. The van der Waals surface area contributed by atoms with E-state index in [1.54, 1.807) is 42.6 Å². The topological polar surface area (TPSA) is 75.4 Å². The van der Waals surface area contributed by atoms with Crippen molar-refractivity contribution in [3.8, 4) is 11.5 Å². The lowest BCUT2D eigenvalue weighted by atomic mass is 10.1. The first-order valence-corrected chi connectivity index (χ1v) is 7.19. The molecule has 0 aliphatic rings. The van der Waals surface area contributed by atoms with Crippen molar-refractivity contribution in [3.05, 3.63) is 72.1 Å². The molecule has 0 aliphatic heterocycles. The van der Waals surface area contributed by atoms with Crippen molar-refractivity contribution < 1.29 is 14.3 Å². The summed E-state index contributed by atoms with van der Waals surface area (Å²) in [6.45, 7) is 1.93. The molecule has 5 heteroatoms. The van der Waals surface area contributed by atoms with Gasteiger partial charge in [0.05, 0.1) is 6.20 Å². The van der Waals surface area contributed by atoms with Crippen molar-refractivity contribution in [2.45, 2.75) is 13.0 Å². The standard InChI is InChI=1S/C18H16N2O3/c1-12-7-8-14(11-15(12)18-19-9-10-23-18)20-17(22)16(21)13-5-3-2-4-6-13/h2-11,16,21H,1H3,(H,20,22)/t16-/m1/s1. The van der Waals surface area contributed by atoms with Crippen LogP contribution in [0.15, 0.2) is 65.4 Å². The third-order valence-electron chi connectivity index (χ3n) is 3.53. The molecule has 0 radical (unpaired) electrons. The smallest absolute Gasteiger partial charge is 0.257 e. The van der Waals surface area contributed by atoms with Gasteiger partial charge in [-0.3, -0.25) is 4.79 Å². The minimum atomic E-state index is -1.22. The number of carbonyl (C=O) groups is 1. The van der Waals surface area contributed by atoms with Gasteiger partial charge >= 0.3 is 0 Å². The number of nitrogens with one attached hydrogen (secondary N) is 1. The number of anilines is 1. The quantitative estimate of drug-likeness (QED) is 0.775. The summed E-state index contributed by atoms with van der Waals surface area (Å²) in [6, 6.07) is 14.2. The van der Waals surface area contributed by atoms with Gasteiger partial charge in [-0.25, -0.2) is 4.98 Å². The Morgan fingerprint density at radius 1 is 1.22 bits per heavy atom. The Balaban J connectivity index is 1.80. The first-order chi connectivity index (χ1) is 11.1. The van der Waals surface area contributed by atoms with Crippen LogP contribution in [0.25, 0.3) is 11.5 Å². The number of carbonyl (C=O) groups excluding carboxylic acids is 1. The Labute approximate surface area is 133 Å². The first kappa shape index (κ1) is 15.0. The molecule has 1 heterocycles. The van der Waals surface area contributed by atoms with Crippen LogP contribution in [0.1, 0.15) is 17.2 Å². The van der Waals surface area contributed by atoms with Crippen LogP contribution in [0.2, 0.25) is 0 Å². The number of aliphatic hydroxyl groups excluding tert-OH is 1. The predicted octanol–water partition coefficient (Wildman–Crippen LogP) is 3.32. The SMILES string of the molecule is Cc1ccc(NC(=O)[C@H](O)c2ccccc2)cc1-c1ncco1. The normalized spacial score (nSPS) is 11.9. The lowest BCUT2D eigenvalue weighted by Crippen LogP contribution is -2.20. The molecule has 0 unspecified atom stereocenters. The van der Waals surface area contributed by atoms with E-state index in [9.17, 15) is 9.90 Å². The van der Waals surface area contributed by atoms with Crippen molar-refractivity contribution in [3.63, 3.8) is 0 Å². The Hall–Kier alpha value is -2.92. The van der Waals surface area contributed by atoms with E-state index in [-0.39, 0.29) is 0 Å². The van der Waals surface area contributed by atoms with Crippen molar-refractivity contribution in [2.24, 2.45) is 0 Å². The van der Waals surface area contributed by atoms with E-state index in [0.29, 0.717) is 17.1 Å². The maximum atomic E-state index is 12.2. The van der Waals surface area contributed by atoms with Crippen molar-refractivity contribution >= 4 is 11.6 Å². The lowest BCUT2D eigenvalue weighted by molar-refractivity contribution is -0.124. The zero-order valence-corrected chi connectivity index (χ0v) is 12.6. The minimum absolute atomic E-state index is 0.488. The summed E-state index contributed by atoms with van der Waals surface area (Å²) in [6.07, 6.45) is 1.85. The molecule has 3 rings (SSSR count). The number of hydrogen-bond acceptors (Lipinski definition) is 4. The number of benzene rings is 2. The van der Waals surface area contributed by atoms with E-state index in [4.69, 9.17) is 4.42 Å². The van der Waals surface area contributed by atoms with Crippen LogP contribution in [-0.4, -0.2) is 16.0 Å². The lowest BCUT2D eigenvalue weighted by Gasteiger charge is -2.13. The van der Waals surface area contributed by atoms with Crippen LogP contribution in [0, 0.1) is 6.92 Å². The highest BCUT2D eigenvalue weighted by molar-refractivity contribution is 5.95. The van der Waals surface area contributed by atoms with E-state index in [2.05, 4.69) is 10.3 Å². The molecule has 2 aromatic carbocycles. The zero-order valence-electron chi connectivity index (χ0n) is 12.6. The van der Waals surface area contributed by atoms with Gasteiger partial charge in [0.15, 0.2) is 6.10 Å². The Kier molecular flexibility index (Phi) is 4.21. The fraction of sp³-hybridized carbons (Fsp3) is 0.111. The highest BCUT2D eigenvalue weighted by Crippen LogP contribution is 2.26. The summed E-state index contributed by atoms with van der Waals surface area (Å²) in [5.74, 6) is 0.000568. The van der Waals surface area contributed by atoms with Crippen molar-refractivity contribution in [1.29, 1.82) is 0 Å². The number of rotatable bonds is 4. The maximum absolute atomic E-state index is 12.2. The molecule has 23 heavy (non-hydrogen) atoms. The van der Waals surface area contributed by atoms with Gasteiger partial charge in [0.2, 0.25) is 5.89 Å². The first-order valence-electron chi connectivity index (χ1n) is 7.19. The largest absolute Gasteiger partial charge is 0.445 e. The molecule has 0 saturated heterocycles. The molecule has 0 aliphatic carbocycles. The Morgan fingerprint density at radius 2 is 2.00 bits per heavy atom. The van der Waals surface area contributed by atoms with Crippen LogP contribution in [0.4, 0.5) is 5.69 Å². The molecular formula is C18H16N2O3. The summed E-state index contributed by atoms with van der Waals surface area (Å²) in [4.78, 5) is 16.3. The fourth-order valence-corrected chi connectivity index (χ4v) is 2.28. The molecule has 0 spiro atoms. The number of nitrogens with zero attached hydrogens (tertiary/aromatic N) is 1. The summed E-state index contributed by atoms with van der Waals surface area (Å²) < 4.78 is 5.30. The second kappa shape index (κ2) is 6.46. The van der Waals surface area contributed by atoms with Gasteiger partial charge in [0.25, 0.3) is 5.91 Å². The summed E-state index contributed by atoms with van der Waals surface area (Å²) in [5.41, 5.74) is 2.89. The Bertz CT molecular complexity index is 798. The minimum Gasteiger partial charge on any atom is -0.445 e. The van der Waals surface area contributed by atoms with Crippen LogP contribution in [0.3, 0.4) is 0 Å². The number of aryl methyl sites for hydroxylation is 1. The fourth-order valence-electron chi connectivity index (χ4n) is 2.28. The molecule has 2 N–H and O–H groups in total. The zero-order chi connectivity index (χ0) is 16.2. The Morgan fingerprint density at radius 3 is 2.70 bits per heavy atom. The van der Waals surface area contributed by atoms with E-state index < -0.39 is 12.0 Å². The molecule has 0 saturated carbocycles. The molecule has 0 fully saturated rings. The van der Waals surface area contributed by atoms with Gasteiger partial charge in [-0.1, -0.05) is 36.4 Å². The van der Waals surface area contributed by atoms with Crippen molar-refractivity contribution in [1.82, 2.24) is 4.98 Å². The van der Waals surface area contributed by atoms with E-state index in [0.717, 1.165) is 11.1 Å². The van der Waals surface area contributed by atoms with Gasteiger partial charge in [0.1, 0.15) is 6.26 Å². The third-order valence-corrected chi connectivity index (χ3v) is 3.53. The second-order valence-corrected chi connectivity index (χ2v) is 5.17. The van der Waals surface area contributed by atoms with E-state index in [1.807, 2.05) is 19.1 Å². The molecule has 1 aromatic heterocycles. The van der Waals surface area contributed by atoms with Crippen molar-refractivity contribution in [2.75, 3.05) is 5.32 Å². The second-order valence-electron chi connectivity index (χ2n) is 5.17. The van der Waals surface area contributed by atoms with Crippen LogP contribution in [0.5, 0.6) is 0 Å². The molecule has 1 atom stereocenters. The van der Waals surface area contributed by atoms with Crippen LogP contribution in [-0.2, 0) is 4.79 Å². The van der Waals surface area contributed by atoms with Gasteiger partial charge < -0.3 is 14.8 Å². The molecule has 3 aromatic rings. The maximum Gasteiger partial charge on any atom is 0.257 e. The number of oxazole rings is 1. The third kappa shape index (κ3) is 3.30. The van der Waals surface area contributed by atoms with Gasteiger partial charge in [-0.2, -0.15) is 0 Å². The molecule has 5 nitrogen and oxygen atoms in total. The monoisotopic (exact) mass is 308 g/mol. The predicted molar refractivity (Wildman–Crippen MR) is 86.7 cm³/mol. The summed E-state index contributed by atoms with van der Waals surface area (Å²) >= 11 is 0. The molecule has 0 bridgehead atoms. The molecule has 1 amide bonds. The number of hydrogen-bond donors (Lipinski definition) is 2. The average molecular weight is 308 g/mol. The highest BCUT2D eigenvalue weighted by atomic mass is 16.3. The number of aliphatic hydroxyl groups is 1. The molecule has 116 valence electrons. The van der Waals surface area contributed by atoms with Gasteiger partial charge in [-0.15, -0.1) is 0 Å². The molecular weight excluding hydrogens is 292 g/mol. The summed E-state index contributed by atoms with van der Waals surface area (Å²) in [5, 5.41) is 12.8. The van der Waals surface area contributed by atoms with E-state index >= 15 is 0 Å². The summed E-state index contributed by atoms with van der Waals surface area (Å²) in [7, 11) is 0. The van der Waals surface area contributed by atoms with Gasteiger partial charge in [0, 0.05) is 11.3 Å². The number of amides is 1. The number of aromatic nitrogens is 1. The van der Waals surface area contributed by atoms with Gasteiger partial charge in [-0.05, 0) is 30.2 Å². The van der Waals surface area contributed by atoms with Crippen LogP contribution < -0.4 is 5.32 Å². The highest BCUT2D eigenvalue weighted by Gasteiger charge is 2.17. The van der Waals surface area contributed by atoms with Crippen LogP contribution >= 0.6 is 0 Å². The van der Waals surface area contributed by atoms with E-state index in [1.165, 1.54) is 6.26 Å².